The van der Waals surface area contributed by atoms with Crippen molar-refractivity contribution in [3.05, 3.63) is 17.8 Å². The van der Waals surface area contributed by atoms with Gasteiger partial charge in [-0.25, -0.2) is 9.78 Å². The molecular formula is C9H10ClN3O3. The van der Waals surface area contributed by atoms with Crippen molar-refractivity contribution in [2.45, 2.75) is 0 Å². The summed E-state index contributed by atoms with van der Waals surface area (Å²) in [6.45, 7) is 0.184. The third kappa shape index (κ3) is 2.06. The Labute approximate surface area is 97.7 Å². The topological polar surface area (TPSA) is 82.5 Å². The van der Waals surface area contributed by atoms with Gasteiger partial charge >= 0.3 is 5.97 Å². The van der Waals surface area contributed by atoms with Crippen molar-refractivity contribution in [3.8, 4) is 0 Å². The Morgan fingerprint density at radius 2 is 2.25 bits per heavy atom. The number of nitrogens with zero attached hydrogens (tertiary/aromatic N) is 2. The third-order valence-electron chi connectivity index (χ3n) is 2.11. The minimum Gasteiger partial charge on any atom is -0.477 e. The van der Waals surface area contributed by atoms with Gasteiger partial charge in [0.2, 0.25) is 5.91 Å². The Bertz CT molecular complexity index is 450. The lowest BCUT2D eigenvalue weighted by atomic mass is 10.2. The highest BCUT2D eigenvalue weighted by atomic mass is 35.5. The maximum Gasteiger partial charge on any atom is 0.354 e. The SMILES string of the molecule is CN1CC(=O)Nc2ccc(C(=O)O)nc21.Cl. The maximum absolute atomic E-state index is 11.2. The number of pyridine rings is 1. The number of fused-ring (bicyclic) bond motifs is 1. The molecule has 1 aromatic heterocycles. The van der Waals surface area contributed by atoms with E-state index in [-0.39, 0.29) is 30.6 Å². The van der Waals surface area contributed by atoms with Crippen molar-refractivity contribution < 1.29 is 14.7 Å². The number of halogens is 1. The van der Waals surface area contributed by atoms with Crippen LogP contribution in [0, 0.1) is 0 Å². The summed E-state index contributed by atoms with van der Waals surface area (Å²) >= 11 is 0. The fourth-order valence-electron chi connectivity index (χ4n) is 1.44. The molecule has 6 nitrogen and oxygen atoms in total. The highest BCUT2D eigenvalue weighted by Gasteiger charge is 2.21. The molecule has 86 valence electrons. The molecule has 0 bridgehead atoms. The summed E-state index contributed by atoms with van der Waals surface area (Å²) in [6.07, 6.45) is 0. The predicted molar refractivity (Wildman–Crippen MR) is 60.3 cm³/mol. The normalized spacial score (nSPS) is 13.6. The highest BCUT2D eigenvalue weighted by Crippen LogP contribution is 2.25. The van der Waals surface area contributed by atoms with Crippen LogP contribution in [0.4, 0.5) is 11.5 Å². The summed E-state index contributed by atoms with van der Waals surface area (Å²) in [5.41, 5.74) is 0.510. The van der Waals surface area contributed by atoms with Gasteiger partial charge in [0.05, 0.1) is 12.2 Å². The molecule has 0 saturated heterocycles. The molecule has 0 aliphatic carbocycles. The van der Waals surface area contributed by atoms with E-state index in [0.717, 1.165) is 0 Å². The van der Waals surface area contributed by atoms with Crippen LogP contribution < -0.4 is 10.2 Å². The minimum atomic E-state index is -1.08. The molecule has 7 heteroatoms. The Kier molecular flexibility index (Phi) is 3.34. The predicted octanol–water partition coefficient (Wildman–Crippen LogP) is 0.590. The fraction of sp³-hybridized carbons (Fsp3) is 0.222. The van der Waals surface area contributed by atoms with E-state index in [1.807, 2.05) is 0 Å². The zero-order chi connectivity index (χ0) is 11.0. The van der Waals surface area contributed by atoms with Crippen molar-refractivity contribution in [1.29, 1.82) is 0 Å². The molecule has 1 aliphatic rings. The molecule has 1 amide bonds. The first-order valence-corrected chi connectivity index (χ1v) is 4.33. The number of carboxylic acids is 1. The number of hydrogen-bond acceptors (Lipinski definition) is 4. The van der Waals surface area contributed by atoms with Crippen LogP contribution in [0.15, 0.2) is 12.1 Å². The van der Waals surface area contributed by atoms with Gasteiger partial charge in [-0.05, 0) is 12.1 Å². The van der Waals surface area contributed by atoms with E-state index in [0.29, 0.717) is 11.5 Å². The van der Waals surface area contributed by atoms with Crippen LogP contribution in [0.3, 0.4) is 0 Å². The molecule has 0 aromatic carbocycles. The molecule has 1 aromatic rings. The Hall–Kier alpha value is -1.82. The largest absolute Gasteiger partial charge is 0.477 e. The standard InChI is InChI=1S/C9H9N3O3.ClH/c1-12-4-7(13)10-5-2-3-6(9(14)15)11-8(5)12;/h2-3H,4H2,1H3,(H,10,13)(H,14,15);1H. The average Bonchev–Trinajstić information content (AvgIpc) is 2.16. The number of aromatic nitrogens is 1. The Morgan fingerprint density at radius 3 is 2.88 bits per heavy atom. The van der Waals surface area contributed by atoms with Crippen LogP contribution in [-0.2, 0) is 4.79 Å². The first-order valence-electron chi connectivity index (χ1n) is 4.33. The number of carbonyl (C=O) groups excluding carboxylic acids is 1. The van der Waals surface area contributed by atoms with Gasteiger partial charge in [0.25, 0.3) is 0 Å². The number of carboxylic acid groups (broad SMARTS) is 1. The molecular weight excluding hydrogens is 234 g/mol. The van der Waals surface area contributed by atoms with Gasteiger partial charge in [0, 0.05) is 7.05 Å². The summed E-state index contributed by atoms with van der Waals surface area (Å²) in [6, 6.07) is 2.90. The molecule has 2 rings (SSSR count). The lowest BCUT2D eigenvalue weighted by Crippen LogP contribution is -2.36. The third-order valence-corrected chi connectivity index (χ3v) is 2.11. The van der Waals surface area contributed by atoms with Crippen LogP contribution in [0.25, 0.3) is 0 Å². The van der Waals surface area contributed by atoms with Gasteiger partial charge in [-0.15, -0.1) is 12.4 Å². The van der Waals surface area contributed by atoms with Crippen molar-refractivity contribution in [1.82, 2.24) is 4.98 Å². The number of hydrogen-bond donors (Lipinski definition) is 2. The molecule has 0 spiro atoms. The number of anilines is 2. The average molecular weight is 244 g/mol. The molecule has 0 saturated carbocycles. The maximum atomic E-state index is 11.2. The van der Waals surface area contributed by atoms with Gasteiger partial charge in [-0.1, -0.05) is 0 Å². The van der Waals surface area contributed by atoms with Crippen molar-refractivity contribution in [3.63, 3.8) is 0 Å². The second-order valence-corrected chi connectivity index (χ2v) is 3.28. The molecule has 0 unspecified atom stereocenters. The minimum absolute atomic E-state index is 0. The summed E-state index contributed by atoms with van der Waals surface area (Å²) < 4.78 is 0. The van der Waals surface area contributed by atoms with Gasteiger partial charge in [-0.3, -0.25) is 4.79 Å². The van der Waals surface area contributed by atoms with E-state index < -0.39 is 5.97 Å². The van der Waals surface area contributed by atoms with E-state index >= 15 is 0 Å². The number of likely N-dealkylation sites (N-methyl/N-ethyl adjacent to an activating group) is 1. The van der Waals surface area contributed by atoms with E-state index in [2.05, 4.69) is 10.3 Å². The number of rotatable bonds is 1. The van der Waals surface area contributed by atoms with Crippen molar-refractivity contribution in [2.24, 2.45) is 0 Å². The van der Waals surface area contributed by atoms with Crippen molar-refractivity contribution >= 4 is 35.8 Å². The van der Waals surface area contributed by atoms with Crippen LogP contribution in [0.1, 0.15) is 10.5 Å². The van der Waals surface area contributed by atoms with E-state index in [9.17, 15) is 9.59 Å². The molecule has 0 atom stereocenters. The summed E-state index contributed by atoms with van der Waals surface area (Å²) in [5, 5.41) is 11.4. The molecule has 0 fully saturated rings. The van der Waals surface area contributed by atoms with Crippen LogP contribution >= 0.6 is 12.4 Å². The molecule has 1 aliphatic heterocycles. The van der Waals surface area contributed by atoms with Gasteiger partial charge in [0.15, 0.2) is 11.5 Å². The Morgan fingerprint density at radius 1 is 1.56 bits per heavy atom. The second-order valence-electron chi connectivity index (χ2n) is 3.28. The number of amides is 1. The molecule has 16 heavy (non-hydrogen) atoms. The van der Waals surface area contributed by atoms with Gasteiger partial charge in [-0.2, -0.15) is 0 Å². The number of carbonyl (C=O) groups is 2. The monoisotopic (exact) mass is 243 g/mol. The smallest absolute Gasteiger partial charge is 0.354 e. The van der Waals surface area contributed by atoms with Crippen LogP contribution in [-0.4, -0.2) is 35.6 Å². The highest BCUT2D eigenvalue weighted by molar-refractivity contribution is 6.00. The van der Waals surface area contributed by atoms with E-state index in [4.69, 9.17) is 5.11 Å². The molecule has 2 heterocycles. The quantitative estimate of drug-likeness (QED) is 0.754. The second kappa shape index (κ2) is 4.36. The first kappa shape index (κ1) is 12.3. The molecule has 0 radical (unpaired) electrons. The zero-order valence-electron chi connectivity index (χ0n) is 8.43. The summed E-state index contributed by atoms with van der Waals surface area (Å²) in [4.78, 5) is 27.4. The van der Waals surface area contributed by atoms with Crippen molar-refractivity contribution in [2.75, 3.05) is 23.8 Å². The first-order chi connectivity index (χ1) is 7.08. The summed E-state index contributed by atoms with van der Waals surface area (Å²) in [5.74, 6) is -0.729. The lowest BCUT2D eigenvalue weighted by Gasteiger charge is -2.25. The summed E-state index contributed by atoms with van der Waals surface area (Å²) in [7, 11) is 1.69. The van der Waals surface area contributed by atoms with Crippen LogP contribution in [0.5, 0.6) is 0 Å². The van der Waals surface area contributed by atoms with Gasteiger partial charge in [0.1, 0.15) is 0 Å². The lowest BCUT2D eigenvalue weighted by molar-refractivity contribution is -0.115. The molecule has 2 N–H and O–H groups in total. The van der Waals surface area contributed by atoms with E-state index in [1.54, 1.807) is 18.0 Å². The van der Waals surface area contributed by atoms with Gasteiger partial charge < -0.3 is 15.3 Å². The zero-order valence-corrected chi connectivity index (χ0v) is 9.24. The fourth-order valence-corrected chi connectivity index (χ4v) is 1.44. The Balaban J connectivity index is 0.00000128. The number of nitrogens with one attached hydrogen (secondary N) is 1. The number of aromatic carboxylic acids is 1. The van der Waals surface area contributed by atoms with Crippen LogP contribution in [0.2, 0.25) is 0 Å². The van der Waals surface area contributed by atoms with E-state index in [1.165, 1.54) is 6.07 Å².